The second-order valence-electron chi connectivity index (χ2n) is 7.57. The summed E-state index contributed by atoms with van der Waals surface area (Å²) in [5.41, 5.74) is 1.57. The molecule has 172 valence electrons. The smallest absolute Gasteiger partial charge is 0.280 e. The Balaban J connectivity index is 2.08. The van der Waals surface area contributed by atoms with E-state index in [2.05, 4.69) is 11.1 Å². The van der Waals surface area contributed by atoms with Gasteiger partial charge in [0.05, 0.1) is 21.5 Å². The van der Waals surface area contributed by atoms with Gasteiger partial charge >= 0.3 is 0 Å². The van der Waals surface area contributed by atoms with E-state index in [1.165, 1.54) is 28.7 Å². The number of methoxy groups -OCH3 is 1. The van der Waals surface area contributed by atoms with Gasteiger partial charge in [0.2, 0.25) is 0 Å². The minimum Gasteiger partial charge on any atom is -0.385 e. The summed E-state index contributed by atoms with van der Waals surface area (Å²) in [6.45, 7) is 2.59. The van der Waals surface area contributed by atoms with E-state index >= 15 is 0 Å². The highest BCUT2D eigenvalue weighted by atomic mass is 35.5. The topological polar surface area (TPSA) is 102 Å². The van der Waals surface area contributed by atoms with Crippen LogP contribution in [0.4, 0.5) is 0 Å². The second kappa shape index (κ2) is 9.77. The van der Waals surface area contributed by atoms with Gasteiger partial charge in [-0.15, -0.1) is 0 Å². The molecule has 0 atom stereocenters. The number of ether oxygens (including phenoxy) is 1. The zero-order valence-corrected chi connectivity index (χ0v) is 19.9. The SMILES string of the molecule is COCCCn1c(=NC(=O)c2ccc(Cl)cc2Cl)c(C#N)cc2c(=O)n3cccc(C)c3nc21. The third-order valence-electron chi connectivity index (χ3n) is 5.32. The quantitative estimate of drug-likeness (QED) is 0.308. The van der Waals surface area contributed by atoms with Gasteiger partial charge in [-0.05, 0) is 49.2 Å². The Hall–Kier alpha value is -3.51. The van der Waals surface area contributed by atoms with Gasteiger partial charge in [0, 0.05) is 31.5 Å². The summed E-state index contributed by atoms with van der Waals surface area (Å²) in [6.07, 6.45) is 2.17. The van der Waals surface area contributed by atoms with Crippen LogP contribution in [0.15, 0.2) is 52.4 Å². The van der Waals surface area contributed by atoms with Gasteiger partial charge in [-0.1, -0.05) is 29.3 Å². The molecule has 0 fully saturated rings. The van der Waals surface area contributed by atoms with Crippen molar-refractivity contribution in [2.45, 2.75) is 19.9 Å². The van der Waals surface area contributed by atoms with Crippen LogP contribution in [0, 0.1) is 18.3 Å². The number of carbonyl (C=O) groups is 1. The normalized spacial score (nSPS) is 11.8. The van der Waals surface area contributed by atoms with Gasteiger partial charge in [-0.25, -0.2) is 4.98 Å². The summed E-state index contributed by atoms with van der Waals surface area (Å²) in [7, 11) is 1.58. The molecule has 1 amide bonds. The lowest BCUT2D eigenvalue weighted by molar-refractivity contribution is 0.0997. The first-order chi connectivity index (χ1) is 16.3. The molecule has 0 N–H and O–H groups in total. The van der Waals surface area contributed by atoms with Crippen LogP contribution >= 0.6 is 23.2 Å². The van der Waals surface area contributed by atoms with Crippen molar-refractivity contribution in [1.29, 1.82) is 5.26 Å². The lowest BCUT2D eigenvalue weighted by atomic mass is 10.2. The number of carbonyl (C=O) groups excluding carboxylic acids is 1. The Kier molecular flexibility index (Phi) is 6.80. The number of benzene rings is 1. The summed E-state index contributed by atoms with van der Waals surface area (Å²) in [6, 6.07) is 11.5. The van der Waals surface area contributed by atoms with Crippen LogP contribution in [0.5, 0.6) is 0 Å². The summed E-state index contributed by atoms with van der Waals surface area (Å²) in [5, 5.41) is 10.6. The standard InChI is InChI=1S/C24H19Cl2N5O3/c1-14-5-3-8-31-20(14)28-22-18(24(31)33)11-15(13-27)21(30(22)9-4-10-34-2)29-23(32)17-7-6-16(25)12-19(17)26/h3,5-8,11-12H,4,9-10H2,1-2H3. The van der Waals surface area contributed by atoms with Gasteiger partial charge in [0.15, 0.2) is 5.49 Å². The van der Waals surface area contributed by atoms with Crippen molar-refractivity contribution in [1.82, 2.24) is 14.0 Å². The molecule has 0 saturated carbocycles. The number of hydrogen-bond donors (Lipinski definition) is 0. The predicted molar refractivity (Wildman–Crippen MR) is 129 cm³/mol. The number of fused-ring (bicyclic) bond motifs is 2. The number of rotatable bonds is 5. The summed E-state index contributed by atoms with van der Waals surface area (Å²) >= 11 is 12.1. The van der Waals surface area contributed by atoms with E-state index in [1.54, 1.807) is 23.9 Å². The highest BCUT2D eigenvalue weighted by Gasteiger charge is 2.17. The monoisotopic (exact) mass is 495 g/mol. The molecular formula is C24H19Cl2N5O3. The molecule has 0 aliphatic rings. The van der Waals surface area contributed by atoms with E-state index in [9.17, 15) is 14.9 Å². The number of pyridine rings is 2. The molecule has 4 rings (SSSR count). The molecule has 8 nitrogen and oxygen atoms in total. The first-order valence-corrected chi connectivity index (χ1v) is 11.1. The number of nitrogens with zero attached hydrogens (tertiary/aromatic N) is 5. The third-order valence-corrected chi connectivity index (χ3v) is 5.87. The van der Waals surface area contributed by atoms with Crippen LogP contribution in [-0.4, -0.2) is 33.6 Å². The molecule has 10 heteroatoms. The second-order valence-corrected chi connectivity index (χ2v) is 8.42. The van der Waals surface area contributed by atoms with Crippen LogP contribution in [0.3, 0.4) is 0 Å². The van der Waals surface area contributed by atoms with E-state index < -0.39 is 5.91 Å². The molecule has 0 spiro atoms. The molecule has 0 radical (unpaired) electrons. The van der Waals surface area contributed by atoms with Crippen molar-refractivity contribution >= 4 is 45.8 Å². The van der Waals surface area contributed by atoms with E-state index in [4.69, 9.17) is 32.9 Å². The fourth-order valence-corrected chi connectivity index (χ4v) is 4.18. The van der Waals surface area contributed by atoms with Gasteiger partial charge in [-0.2, -0.15) is 10.3 Å². The zero-order valence-electron chi connectivity index (χ0n) is 18.4. The van der Waals surface area contributed by atoms with E-state index in [0.29, 0.717) is 35.9 Å². The number of amides is 1. The average Bonchev–Trinajstić information content (AvgIpc) is 2.81. The van der Waals surface area contributed by atoms with E-state index in [0.717, 1.165) is 5.56 Å². The Morgan fingerprint density at radius 3 is 2.74 bits per heavy atom. The van der Waals surface area contributed by atoms with Crippen molar-refractivity contribution in [3.8, 4) is 6.07 Å². The third kappa shape index (κ3) is 4.33. The lowest BCUT2D eigenvalue weighted by Gasteiger charge is -2.14. The molecule has 3 aromatic heterocycles. The number of aromatic nitrogens is 3. The van der Waals surface area contributed by atoms with Crippen molar-refractivity contribution < 1.29 is 9.53 Å². The van der Waals surface area contributed by atoms with Crippen molar-refractivity contribution in [3.63, 3.8) is 0 Å². The maximum absolute atomic E-state index is 13.3. The van der Waals surface area contributed by atoms with Crippen LogP contribution in [0.25, 0.3) is 16.7 Å². The zero-order chi connectivity index (χ0) is 24.4. The molecule has 34 heavy (non-hydrogen) atoms. The Bertz CT molecular complexity index is 1620. The van der Waals surface area contributed by atoms with Crippen molar-refractivity contribution in [2.75, 3.05) is 13.7 Å². The Morgan fingerprint density at radius 1 is 1.24 bits per heavy atom. The van der Waals surface area contributed by atoms with Crippen LogP contribution in [0.2, 0.25) is 10.0 Å². The minimum absolute atomic E-state index is 0.0647. The fourth-order valence-electron chi connectivity index (χ4n) is 3.69. The van der Waals surface area contributed by atoms with E-state index in [1.807, 2.05) is 13.0 Å². The highest BCUT2D eigenvalue weighted by Crippen LogP contribution is 2.21. The molecule has 0 aliphatic carbocycles. The summed E-state index contributed by atoms with van der Waals surface area (Å²) < 4.78 is 8.22. The maximum atomic E-state index is 13.3. The first-order valence-electron chi connectivity index (χ1n) is 10.3. The van der Waals surface area contributed by atoms with Crippen molar-refractivity contribution in [3.05, 3.63) is 85.2 Å². The molecule has 4 aromatic rings. The fraction of sp³-hybridized carbons (Fsp3) is 0.208. The maximum Gasteiger partial charge on any atom is 0.280 e. The van der Waals surface area contributed by atoms with Gasteiger partial charge in [0.25, 0.3) is 11.5 Å². The molecule has 0 bridgehead atoms. The first kappa shape index (κ1) is 23.6. The average molecular weight is 496 g/mol. The van der Waals surface area contributed by atoms with Gasteiger partial charge in [0.1, 0.15) is 17.4 Å². The molecule has 1 aromatic carbocycles. The summed E-state index contributed by atoms with van der Waals surface area (Å²) in [5.74, 6) is -0.647. The largest absolute Gasteiger partial charge is 0.385 e. The molecule has 0 aliphatic heterocycles. The lowest BCUT2D eigenvalue weighted by Crippen LogP contribution is -2.30. The Morgan fingerprint density at radius 2 is 2.03 bits per heavy atom. The number of halogens is 2. The Labute approximate surface area is 204 Å². The van der Waals surface area contributed by atoms with Crippen LogP contribution < -0.4 is 11.0 Å². The predicted octanol–water partition coefficient (Wildman–Crippen LogP) is 3.91. The number of hydrogen-bond acceptors (Lipinski definition) is 5. The number of nitriles is 1. The molecule has 0 unspecified atom stereocenters. The van der Waals surface area contributed by atoms with Gasteiger partial charge < -0.3 is 9.30 Å². The minimum atomic E-state index is -0.647. The molecule has 3 heterocycles. The van der Waals surface area contributed by atoms with Crippen molar-refractivity contribution in [2.24, 2.45) is 4.99 Å². The van der Waals surface area contributed by atoms with Crippen LogP contribution in [0.1, 0.15) is 27.9 Å². The molecular weight excluding hydrogens is 477 g/mol. The number of aryl methyl sites for hydroxylation is 2. The summed E-state index contributed by atoms with van der Waals surface area (Å²) in [4.78, 5) is 35.3. The van der Waals surface area contributed by atoms with Crippen LogP contribution in [-0.2, 0) is 11.3 Å². The van der Waals surface area contributed by atoms with E-state index in [-0.39, 0.29) is 32.6 Å². The van der Waals surface area contributed by atoms with Gasteiger partial charge in [-0.3, -0.25) is 14.0 Å². The highest BCUT2D eigenvalue weighted by molar-refractivity contribution is 6.36. The molecule has 0 saturated heterocycles.